The van der Waals surface area contributed by atoms with E-state index in [4.69, 9.17) is 15.5 Å². The number of aryl methyl sites for hydroxylation is 1. The van der Waals surface area contributed by atoms with E-state index >= 15 is 0 Å². The third-order valence-electron chi connectivity index (χ3n) is 4.79. The van der Waals surface area contributed by atoms with Crippen LogP contribution >= 0.6 is 11.3 Å². The second-order valence-electron chi connectivity index (χ2n) is 8.09. The van der Waals surface area contributed by atoms with Crippen LogP contribution in [0.4, 0.5) is 5.69 Å². The van der Waals surface area contributed by atoms with Gasteiger partial charge in [0.2, 0.25) is 5.65 Å². The molecule has 0 bridgehead atoms. The lowest BCUT2D eigenvalue weighted by Gasteiger charge is -2.21. The number of aromatic nitrogens is 5. The number of hydrogen-bond acceptors (Lipinski definition) is 8. The maximum absolute atomic E-state index is 12.8. The van der Waals surface area contributed by atoms with Crippen LogP contribution in [-0.2, 0) is 28.0 Å². The van der Waals surface area contributed by atoms with E-state index in [2.05, 4.69) is 36.0 Å². The SMILES string of the molecule is COCCS(=O)c1sc2nc(-c3cnc4nn(C)nc4c3)cc(C(C)(C)C)c2c1N. The highest BCUT2D eigenvalue weighted by Crippen LogP contribution is 2.42. The van der Waals surface area contributed by atoms with Gasteiger partial charge in [0.05, 0.1) is 34.5 Å². The maximum Gasteiger partial charge on any atom is 0.201 e. The maximum atomic E-state index is 12.8. The second kappa shape index (κ2) is 7.68. The number of fused-ring (bicyclic) bond motifs is 2. The number of pyridine rings is 2. The molecule has 0 aliphatic heterocycles. The molecule has 4 rings (SSSR count). The fourth-order valence-electron chi connectivity index (χ4n) is 3.31. The Balaban J connectivity index is 1.92. The molecule has 0 fully saturated rings. The Labute approximate surface area is 180 Å². The predicted octanol–water partition coefficient (Wildman–Crippen LogP) is 3.27. The molecule has 8 nitrogen and oxygen atoms in total. The van der Waals surface area contributed by atoms with Gasteiger partial charge in [-0.25, -0.2) is 9.97 Å². The number of thiophene rings is 1. The van der Waals surface area contributed by atoms with E-state index in [1.165, 1.54) is 16.1 Å². The summed E-state index contributed by atoms with van der Waals surface area (Å²) in [5, 5.41) is 9.46. The highest BCUT2D eigenvalue weighted by molar-refractivity contribution is 7.87. The van der Waals surface area contributed by atoms with Gasteiger partial charge in [-0.1, -0.05) is 20.8 Å². The van der Waals surface area contributed by atoms with Gasteiger partial charge in [0.1, 0.15) is 14.6 Å². The molecule has 4 aromatic heterocycles. The van der Waals surface area contributed by atoms with E-state index in [9.17, 15) is 4.21 Å². The fraction of sp³-hybridized carbons (Fsp3) is 0.400. The molecule has 0 saturated carbocycles. The number of nitrogens with two attached hydrogens (primary N) is 1. The molecule has 158 valence electrons. The average molecular weight is 445 g/mol. The van der Waals surface area contributed by atoms with Crippen LogP contribution in [-0.4, -0.2) is 48.6 Å². The minimum absolute atomic E-state index is 0.180. The molecule has 0 aliphatic carbocycles. The number of ether oxygens (including phenoxy) is 1. The quantitative estimate of drug-likeness (QED) is 0.503. The van der Waals surface area contributed by atoms with Crippen molar-refractivity contribution in [1.29, 1.82) is 0 Å². The predicted molar refractivity (Wildman–Crippen MR) is 121 cm³/mol. The largest absolute Gasteiger partial charge is 0.396 e. The van der Waals surface area contributed by atoms with Crippen molar-refractivity contribution in [1.82, 2.24) is 25.0 Å². The topological polar surface area (TPSA) is 109 Å². The van der Waals surface area contributed by atoms with Crippen LogP contribution in [0.5, 0.6) is 0 Å². The minimum Gasteiger partial charge on any atom is -0.396 e. The Kier molecular flexibility index (Phi) is 5.33. The molecule has 4 heterocycles. The van der Waals surface area contributed by atoms with E-state index < -0.39 is 10.8 Å². The summed E-state index contributed by atoms with van der Waals surface area (Å²) < 4.78 is 18.5. The number of methoxy groups -OCH3 is 1. The zero-order chi connectivity index (χ0) is 21.6. The van der Waals surface area contributed by atoms with Gasteiger partial charge >= 0.3 is 0 Å². The van der Waals surface area contributed by atoms with Gasteiger partial charge in [-0.15, -0.1) is 16.4 Å². The van der Waals surface area contributed by atoms with Crippen LogP contribution in [0, 0.1) is 0 Å². The molecule has 0 radical (unpaired) electrons. The molecule has 10 heteroatoms. The Bertz CT molecular complexity index is 1270. The number of hydrogen-bond donors (Lipinski definition) is 1. The molecule has 0 saturated heterocycles. The summed E-state index contributed by atoms with van der Waals surface area (Å²) in [6, 6.07) is 3.98. The van der Waals surface area contributed by atoms with Gasteiger partial charge in [-0.05, 0) is 23.1 Å². The Morgan fingerprint density at radius 3 is 2.73 bits per heavy atom. The molecule has 0 aliphatic rings. The fourth-order valence-corrected chi connectivity index (χ4v) is 5.88. The highest BCUT2D eigenvalue weighted by Gasteiger charge is 2.25. The summed E-state index contributed by atoms with van der Waals surface area (Å²) >= 11 is 1.38. The van der Waals surface area contributed by atoms with E-state index in [1.54, 1.807) is 20.4 Å². The van der Waals surface area contributed by atoms with E-state index in [1.807, 2.05) is 12.1 Å². The number of nitrogen functional groups attached to an aromatic ring is 1. The average Bonchev–Trinajstić information content (AvgIpc) is 3.23. The van der Waals surface area contributed by atoms with Crippen molar-refractivity contribution in [3.8, 4) is 11.3 Å². The molecule has 1 atom stereocenters. The Morgan fingerprint density at radius 1 is 1.27 bits per heavy atom. The first-order chi connectivity index (χ1) is 14.2. The summed E-state index contributed by atoms with van der Waals surface area (Å²) in [5.41, 5.74) is 10.8. The first-order valence-corrected chi connectivity index (χ1v) is 11.6. The van der Waals surface area contributed by atoms with Crippen LogP contribution in [0.3, 0.4) is 0 Å². The smallest absolute Gasteiger partial charge is 0.201 e. The van der Waals surface area contributed by atoms with Gasteiger partial charge in [0.25, 0.3) is 0 Å². The molecule has 2 N–H and O–H groups in total. The molecule has 0 amide bonds. The van der Waals surface area contributed by atoms with Crippen LogP contribution < -0.4 is 5.73 Å². The number of rotatable bonds is 5. The summed E-state index contributed by atoms with van der Waals surface area (Å²) in [6.07, 6.45) is 1.76. The zero-order valence-corrected chi connectivity index (χ0v) is 19.2. The lowest BCUT2D eigenvalue weighted by Crippen LogP contribution is -2.13. The Morgan fingerprint density at radius 2 is 2.03 bits per heavy atom. The van der Waals surface area contributed by atoms with Crippen molar-refractivity contribution in [3.05, 3.63) is 23.9 Å². The third-order valence-corrected chi connectivity index (χ3v) is 7.66. The molecule has 30 heavy (non-hydrogen) atoms. The lowest BCUT2D eigenvalue weighted by atomic mass is 9.84. The number of anilines is 1. The molecule has 0 aromatic carbocycles. The van der Waals surface area contributed by atoms with Crippen molar-refractivity contribution in [2.45, 2.75) is 30.4 Å². The van der Waals surface area contributed by atoms with Gasteiger partial charge in [0, 0.05) is 31.3 Å². The van der Waals surface area contributed by atoms with Crippen LogP contribution in [0.1, 0.15) is 26.3 Å². The van der Waals surface area contributed by atoms with Gasteiger partial charge < -0.3 is 10.5 Å². The van der Waals surface area contributed by atoms with Crippen molar-refractivity contribution in [3.63, 3.8) is 0 Å². The Hall–Kier alpha value is -2.43. The van der Waals surface area contributed by atoms with Gasteiger partial charge in [-0.2, -0.15) is 9.90 Å². The summed E-state index contributed by atoms with van der Waals surface area (Å²) in [5.74, 6) is 0.401. The van der Waals surface area contributed by atoms with Crippen molar-refractivity contribution < 1.29 is 8.95 Å². The molecular weight excluding hydrogens is 420 g/mol. The molecule has 1 unspecified atom stereocenters. The summed E-state index contributed by atoms with van der Waals surface area (Å²) in [7, 11) is 2.13. The van der Waals surface area contributed by atoms with Crippen LogP contribution in [0.15, 0.2) is 22.5 Å². The monoisotopic (exact) mass is 444 g/mol. The van der Waals surface area contributed by atoms with Gasteiger partial charge in [-0.3, -0.25) is 4.21 Å². The van der Waals surface area contributed by atoms with Crippen LogP contribution in [0.25, 0.3) is 32.6 Å². The molecular formula is C20H24N6O2S2. The normalized spacial score (nSPS) is 13.4. The van der Waals surface area contributed by atoms with Crippen LogP contribution in [0.2, 0.25) is 0 Å². The van der Waals surface area contributed by atoms with Crippen molar-refractivity contribution in [2.24, 2.45) is 7.05 Å². The summed E-state index contributed by atoms with van der Waals surface area (Å²) in [4.78, 5) is 11.5. The standard InChI is InChI=1S/C20H24N6O2S2/c1-20(2,3)12-9-13(11-8-14-17(22-10-11)25-26(4)24-14)23-18-15(12)16(21)19(29-18)30(27)7-6-28-5/h8-10H,6-7,21H2,1-5H3. The van der Waals surface area contributed by atoms with Gasteiger partial charge in [0.15, 0.2) is 0 Å². The zero-order valence-electron chi connectivity index (χ0n) is 17.6. The molecule has 0 spiro atoms. The summed E-state index contributed by atoms with van der Waals surface area (Å²) in [6.45, 7) is 6.81. The van der Waals surface area contributed by atoms with Crippen molar-refractivity contribution >= 4 is 49.2 Å². The van der Waals surface area contributed by atoms with E-state index in [0.717, 1.165) is 27.0 Å². The lowest BCUT2D eigenvalue weighted by molar-refractivity contribution is 0.218. The third kappa shape index (κ3) is 3.70. The number of nitrogens with zero attached hydrogens (tertiary/aromatic N) is 5. The minimum atomic E-state index is -1.23. The van der Waals surface area contributed by atoms with E-state index in [0.29, 0.717) is 33.4 Å². The first-order valence-electron chi connectivity index (χ1n) is 9.47. The highest BCUT2D eigenvalue weighted by atomic mass is 32.2. The second-order valence-corrected chi connectivity index (χ2v) is 10.9. The molecule has 4 aromatic rings. The van der Waals surface area contributed by atoms with Crippen molar-refractivity contribution in [2.75, 3.05) is 25.2 Å². The van der Waals surface area contributed by atoms with E-state index in [-0.39, 0.29) is 5.41 Å². The first kappa shape index (κ1) is 20.8.